The van der Waals surface area contributed by atoms with Gasteiger partial charge >= 0.3 is 0 Å². The lowest BCUT2D eigenvalue weighted by Crippen LogP contribution is -2.39. The number of rotatable bonds is 14. The molecule has 0 atom stereocenters. The summed E-state index contributed by atoms with van der Waals surface area (Å²) in [5.41, 5.74) is 4.83. The van der Waals surface area contributed by atoms with Crippen LogP contribution in [0.1, 0.15) is 33.4 Å². The van der Waals surface area contributed by atoms with Gasteiger partial charge in [0.05, 0.1) is 19.4 Å². The molecule has 280 valence electrons. The standard InChI is InChI=1S/2C23H21N3O2/c27-16-17-28-22-18-26(25-24-22)23(19-10-4-1-5-11-19,20-12-6-2-7-13-20)21-14-8-3-9-15-21;27-16-17-28-22-18-24-26(25-22)23(19-10-4-1-5-11-19,20-12-6-2-7-13-20)21-14-8-3-9-15-21/h2*1-15,18,27H,16-17H2. The van der Waals surface area contributed by atoms with Crippen molar-refractivity contribution in [2.45, 2.75) is 11.1 Å². The zero-order chi connectivity index (χ0) is 38.5. The number of aliphatic hydroxyl groups is 2. The summed E-state index contributed by atoms with van der Waals surface area (Å²) in [6, 6.07) is 61.3. The Hall–Kier alpha value is -6.88. The average Bonchev–Trinajstić information content (AvgIpc) is 3.96. The molecule has 8 rings (SSSR count). The van der Waals surface area contributed by atoms with Gasteiger partial charge in [0.25, 0.3) is 11.8 Å². The molecular formula is C46H42N6O4. The van der Waals surface area contributed by atoms with Crippen LogP contribution in [-0.2, 0) is 11.1 Å². The van der Waals surface area contributed by atoms with Gasteiger partial charge in [-0.2, -0.15) is 9.90 Å². The van der Waals surface area contributed by atoms with Gasteiger partial charge in [0, 0.05) is 0 Å². The topological polar surface area (TPSA) is 120 Å². The summed E-state index contributed by atoms with van der Waals surface area (Å²) in [5, 5.41) is 35.9. The number of nitrogens with zero attached hydrogens (tertiary/aromatic N) is 6. The minimum atomic E-state index is -0.759. The minimum absolute atomic E-state index is 0.0753. The third-order valence-corrected chi connectivity index (χ3v) is 9.42. The van der Waals surface area contributed by atoms with Crippen LogP contribution >= 0.6 is 0 Å². The Kier molecular flexibility index (Phi) is 12.0. The number of hydrogen-bond acceptors (Lipinski definition) is 8. The number of benzene rings is 6. The van der Waals surface area contributed by atoms with Crippen LogP contribution < -0.4 is 9.47 Å². The minimum Gasteiger partial charge on any atom is -0.473 e. The van der Waals surface area contributed by atoms with Crippen LogP contribution in [0.15, 0.2) is 194 Å². The molecule has 8 aromatic rings. The fourth-order valence-electron chi connectivity index (χ4n) is 7.08. The Morgan fingerprint density at radius 3 is 1.14 bits per heavy atom. The quantitative estimate of drug-likeness (QED) is 0.115. The van der Waals surface area contributed by atoms with Crippen LogP contribution in [0.5, 0.6) is 11.8 Å². The predicted octanol–water partition coefficient (Wildman–Crippen LogP) is 6.98. The fourth-order valence-corrected chi connectivity index (χ4v) is 7.08. The smallest absolute Gasteiger partial charge is 0.253 e. The van der Waals surface area contributed by atoms with E-state index in [0.29, 0.717) is 11.8 Å². The molecule has 0 unspecified atom stereocenters. The van der Waals surface area contributed by atoms with Crippen molar-refractivity contribution >= 4 is 0 Å². The molecule has 2 aromatic heterocycles. The molecule has 0 fully saturated rings. The summed E-state index contributed by atoms with van der Waals surface area (Å²) in [6.45, 7) is 0.198. The van der Waals surface area contributed by atoms with E-state index in [1.165, 1.54) is 0 Å². The monoisotopic (exact) mass is 742 g/mol. The van der Waals surface area contributed by atoms with Crippen molar-refractivity contribution in [3.8, 4) is 11.8 Å². The van der Waals surface area contributed by atoms with E-state index in [1.54, 1.807) is 17.2 Å². The lowest BCUT2D eigenvalue weighted by molar-refractivity contribution is 0.194. The van der Waals surface area contributed by atoms with Gasteiger partial charge in [-0.15, -0.1) is 5.10 Å². The largest absolute Gasteiger partial charge is 0.473 e. The van der Waals surface area contributed by atoms with Crippen molar-refractivity contribution in [1.82, 2.24) is 30.0 Å². The molecule has 0 aliphatic rings. The van der Waals surface area contributed by atoms with Gasteiger partial charge in [-0.1, -0.05) is 192 Å². The van der Waals surface area contributed by atoms with Gasteiger partial charge in [-0.05, 0) is 33.4 Å². The molecule has 10 nitrogen and oxygen atoms in total. The maximum Gasteiger partial charge on any atom is 0.253 e. The predicted molar refractivity (Wildman–Crippen MR) is 214 cm³/mol. The van der Waals surface area contributed by atoms with Gasteiger partial charge < -0.3 is 19.7 Å². The van der Waals surface area contributed by atoms with Crippen LogP contribution in [-0.4, -0.2) is 66.6 Å². The summed E-state index contributed by atoms with van der Waals surface area (Å²) in [6.07, 6.45) is 3.36. The van der Waals surface area contributed by atoms with Crippen molar-refractivity contribution in [2.24, 2.45) is 0 Å². The third-order valence-electron chi connectivity index (χ3n) is 9.42. The second-order valence-corrected chi connectivity index (χ2v) is 12.7. The van der Waals surface area contributed by atoms with E-state index in [9.17, 15) is 0 Å². The number of aromatic nitrogens is 6. The van der Waals surface area contributed by atoms with Crippen molar-refractivity contribution < 1.29 is 19.7 Å². The second-order valence-electron chi connectivity index (χ2n) is 12.7. The molecule has 0 aliphatic heterocycles. The van der Waals surface area contributed by atoms with Gasteiger partial charge in [0.2, 0.25) is 0 Å². The Morgan fingerprint density at radius 1 is 0.446 bits per heavy atom. The molecular weight excluding hydrogens is 701 g/mol. The fraction of sp³-hybridized carbons (Fsp3) is 0.130. The van der Waals surface area contributed by atoms with E-state index in [1.807, 2.05) is 114 Å². The normalized spacial score (nSPS) is 11.3. The van der Waals surface area contributed by atoms with Crippen LogP contribution in [0.2, 0.25) is 0 Å². The molecule has 2 N–H and O–H groups in total. The highest BCUT2D eigenvalue weighted by molar-refractivity contribution is 5.51. The number of hydrogen-bond donors (Lipinski definition) is 2. The van der Waals surface area contributed by atoms with E-state index in [-0.39, 0.29) is 26.4 Å². The average molecular weight is 743 g/mol. The first-order chi connectivity index (χ1) is 27.7. The SMILES string of the molecule is OCCOc1cn(C(c2ccccc2)(c2ccccc2)c2ccccc2)nn1.OCCOc1cnn(C(c2ccccc2)(c2ccccc2)c2ccccc2)n1. The van der Waals surface area contributed by atoms with Crippen LogP contribution in [0.3, 0.4) is 0 Å². The molecule has 0 spiro atoms. The Morgan fingerprint density at radius 2 is 0.786 bits per heavy atom. The van der Waals surface area contributed by atoms with E-state index >= 15 is 0 Å². The Balaban J connectivity index is 0.000000172. The van der Waals surface area contributed by atoms with Gasteiger partial charge in [-0.3, -0.25) is 0 Å². The maximum atomic E-state index is 9.05. The highest BCUT2D eigenvalue weighted by atomic mass is 16.5. The van der Waals surface area contributed by atoms with Crippen LogP contribution in [0.25, 0.3) is 0 Å². The summed E-state index contributed by atoms with van der Waals surface area (Å²) in [5.74, 6) is 0.752. The van der Waals surface area contributed by atoms with Crippen LogP contribution in [0.4, 0.5) is 0 Å². The third kappa shape index (κ3) is 7.56. The van der Waals surface area contributed by atoms with Crippen molar-refractivity contribution in [3.63, 3.8) is 0 Å². The lowest BCUT2D eigenvalue weighted by atomic mass is 9.77. The summed E-state index contributed by atoms with van der Waals surface area (Å²) >= 11 is 0. The lowest BCUT2D eigenvalue weighted by Gasteiger charge is -2.35. The molecule has 6 aromatic carbocycles. The molecule has 2 heterocycles. The highest BCUT2D eigenvalue weighted by Gasteiger charge is 2.41. The Labute approximate surface area is 325 Å². The molecule has 10 heteroatoms. The molecule has 0 radical (unpaired) electrons. The Bertz CT molecular complexity index is 1980. The summed E-state index contributed by atoms with van der Waals surface area (Å²) in [7, 11) is 0. The first kappa shape index (κ1) is 37.4. The van der Waals surface area contributed by atoms with E-state index in [0.717, 1.165) is 33.4 Å². The molecule has 0 amide bonds. The van der Waals surface area contributed by atoms with Crippen LogP contribution in [0, 0.1) is 0 Å². The first-order valence-corrected chi connectivity index (χ1v) is 18.4. The number of aliphatic hydroxyl groups excluding tert-OH is 2. The van der Waals surface area contributed by atoms with Gasteiger partial charge in [0.15, 0.2) is 5.54 Å². The maximum absolute atomic E-state index is 9.05. The molecule has 56 heavy (non-hydrogen) atoms. The van der Waals surface area contributed by atoms with E-state index in [4.69, 9.17) is 19.7 Å². The summed E-state index contributed by atoms with van der Waals surface area (Å²) < 4.78 is 12.8. The zero-order valence-corrected chi connectivity index (χ0v) is 30.7. The van der Waals surface area contributed by atoms with E-state index in [2.05, 4.69) is 93.3 Å². The zero-order valence-electron chi connectivity index (χ0n) is 30.7. The van der Waals surface area contributed by atoms with Crippen molar-refractivity contribution in [1.29, 1.82) is 0 Å². The highest BCUT2D eigenvalue weighted by Crippen LogP contribution is 2.41. The van der Waals surface area contributed by atoms with E-state index < -0.39 is 11.1 Å². The number of ether oxygens (including phenoxy) is 2. The molecule has 0 saturated carbocycles. The van der Waals surface area contributed by atoms with Crippen molar-refractivity contribution in [3.05, 3.63) is 228 Å². The molecule has 0 saturated heterocycles. The van der Waals surface area contributed by atoms with Gasteiger partial charge in [-0.25, -0.2) is 4.68 Å². The summed E-state index contributed by atoms with van der Waals surface area (Å²) in [4.78, 5) is 1.69. The van der Waals surface area contributed by atoms with Crippen molar-refractivity contribution in [2.75, 3.05) is 26.4 Å². The van der Waals surface area contributed by atoms with Gasteiger partial charge in [0.1, 0.15) is 24.9 Å². The molecule has 0 aliphatic carbocycles. The second kappa shape index (κ2) is 18.0. The first-order valence-electron chi connectivity index (χ1n) is 18.4. The molecule has 0 bridgehead atoms.